The molecule has 1 fully saturated rings. The average molecular weight is 340 g/mol. The fourth-order valence-corrected chi connectivity index (χ4v) is 2.64. The van der Waals surface area contributed by atoms with Crippen molar-refractivity contribution in [3.8, 4) is 0 Å². The molecule has 1 N–H and O–H groups in total. The van der Waals surface area contributed by atoms with Crippen LogP contribution in [0.5, 0.6) is 0 Å². The van der Waals surface area contributed by atoms with Gasteiger partial charge in [0.15, 0.2) is 0 Å². The van der Waals surface area contributed by atoms with Crippen LogP contribution in [0, 0.1) is 5.82 Å². The molecule has 0 saturated heterocycles. The monoisotopic (exact) mass is 339 g/mol. The number of fused-ring (bicyclic) bond motifs is 1. The van der Waals surface area contributed by atoms with E-state index in [1.807, 2.05) is 6.92 Å². The second-order valence-electron chi connectivity index (χ2n) is 5.43. The van der Waals surface area contributed by atoms with Crippen LogP contribution in [0.3, 0.4) is 0 Å². The van der Waals surface area contributed by atoms with Crippen LogP contribution in [-0.2, 0) is 6.54 Å². The van der Waals surface area contributed by atoms with Gasteiger partial charge in [-0.05, 0) is 54.8 Å². The van der Waals surface area contributed by atoms with Crippen LogP contribution in [0.15, 0.2) is 21.4 Å². The predicted molar refractivity (Wildman–Crippen MR) is 80.6 cm³/mol. The van der Waals surface area contributed by atoms with E-state index in [-0.39, 0.29) is 15.6 Å². The summed E-state index contributed by atoms with van der Waals surface area (Å²) in [6, 6.07) is 2.77. The molecule has 0 radical (unpaired) electrons. The van der Waals surface area contributed by atoms with E-state index >= 15 is 0 Å². The summed E-state index contributed by atoms with van der Waals surface area (Å²) >= 11 is 3.18. The Morgan fingerprint density at radius 2 is 2.20 bits per heavy atom. The Hall–Kier alpha value is -1.43. The van der Waals surface area contributed by atoms with Gasteiger partial charge in [0, 0.05) is 12.1 Å². The zero-order valence-electron chi connectivity index (χ0n) is 11.3. The Labute approximate surface area is 124 Å². The molecule has 1 heterocycles. The summed E-state index contributed by atoms with van der Waals surface area (Å²) in [5.41, 5.74) is 0.223. The topological polar surface area (TPSA) is 46.9 Å². The largest absolute Gasteiger partial charge is 0.350 e. The van der Waals surface area contributed by atoms with Crippen LogP contribution in [0.1, 0.15) is 26.7 Å². The van der Waals surface area contributed by atoms with E-state index < -0.39 is 5.82 Å². The molecule has 0 unspecified atom stereocenters. The van der Waals surface area contributed by atoms with Crippen LogP contribution in [0.4, 0.5) is 10.3 Å². The van der Waals surface area contributed by atoms with Crippen LogP contribution < -0.4 is 10.9 Å². The number of anilines is 1. The molecule has 0 atom stereocenters. The number of nitrogens with zero attached hydrogens (tertiary/aromatic N) is 2. The van der Waals surface area contributed by atoms with Gasteiger partial charge in [0.25, 0.3) is 5.56 Å². The van der Waals surface area contributed by atoms with Crippen molar-refractivity contribution in [3.05, 3.63) is 32.8 Å². The highest BCUT2D eigenvalue weighted by atomic mass is 79.9. The molecule has 4 nitrogen and oxygen atoms in total. The second-order valence-corrected chi connectivity index (χ2v) is 6.22. The van der Waals surface area contributed by atoms with Crippen molar-refractivity contribution in [1.29, 1.82) is 0 Å². The molecule has 1 aromatic heterocycles. The first-order valence-corrected chi connectivity index (χ1v) is 7.41. The molecule has 1 saturated carbocycles. The van der Waals surface area contributed by atoms with Crippen molar-refractivity contribution in [1.82, 2.24) is 9.55 Å². The molecule has 0 spiro atoms. The zero-order chi connectivity index (χ0) is 14.5. The van der Waals surface area contributed by atoms with Gasteiger partial charge < -0.3 is 5.32 Å². The maximum atomic E-state index is 13.6. The smallest absolute Gasteiger partial charge is 0.262 e. The molecule has 0 aliphatic heterocycles. The highest BCUT2D eigenvalue weighted by Gasteiger charge is 2.38. The molecule has 2 aromatic rings. The third-order valence-corrected chi connectivity index (χ3v) is 4.50. The highest BCUT2D eigenvalue weighted by Crippen LogP contribution is 2.38. The minimum absolute atomic E-state index is 0.00381. The minimum atomic E-state index is -0.415. The summed E-state index contributed by atoms with van der Waals surface area (Å²) in [5.74, 6) is 0.0959. The third kappa shape index (κ3) is 2.12. The standard InChI is InChI=1S/C14H15BrFN3O/c1-3-19-12(20)8-4-5-9(16)10(15)11(8)17-13(19)18-14(2)6-7-14/h4-5H,3,6-7H2,1-2H3,(H,17,18). The maximum absolute atomic E-state index is 13.6. The Morgan fingerprint density at radius 3 is 2.80 bits per heavy atom. The van der Waals surface area contributed by atoms with E-state index in [0.717, 1.165) is 12.8 Å². The van der Waals surface area contributed by atoms with Crippen LogP contribution in [0.25, 0.3) is 10.9 Å². The number of halogens is 2. The molecular weight excluding hydrogens is 325 g/mol. The van der Waals surface area contributed by atoms with E-state index in [0.29, 0.717) is 23.4 Å². The molecular formula is C14H15BrFN3O. The van der Waals surface area contributed by atoms with E-state index in [4.69, 9.17) is 0 Å². The number of benzene rings is 1. The van der Waals surface area contributed by atoms with Crippen molar-refractivity contribution in [2.75, 3.05) is 5.32 Å². The van der Waals surface area contributed by atoms with Crippen molar-refractivity contribution in [3.63, 3.8) is 0 Å². The number of hydrogen-bond donors (Lipinski definition) is 1. The Bertz CT molecular complexity index is 752. The lowest BCUT2D eigenvalue weighted by Crippen LogP contribution is -2.28. The number of aromatic nitrogens is 2. The van der Waals surface area contributed by atoms with Crippen molar-refractivity contribution >= 4 is 32.8 Å². The van der Waals surface area contributed by atoms with Crippen molar-refractivity contribution in [2.45, 2.75) is 38.8 Å². The molecule has 1 aliphatic carbocycles. The second kappa shape index (κ2) is 4.55. The summed E-state index contributed by atoms with van der Waals surface area (Å²) in [5, 5.41) is 3.72. The quantitative estimate of drug-likeness (QED) is 0.933. The number of rotatable bonds is 3. The first kappa shape index (κ1) is 13.5. The molecule has 3 rings (SSSR count). The van der Waals surface area contributed by atoms with E-state index in [9.17, 15) is 9.18 Å². The zero-order valence-corrected chi connectivity index (χ0v) is 12.9. The normalized spacial score (nSPS) is 16.4. The predicted octanol–water partition coefficient (Wildman–Crippen LogP) is 3.28. The van der Waals surface area contributed by atoms with Gasteiger partial charge in [-0.15, -0.1) is 0 Å². The van der Waals surface area contributed by atoms with Gasteiger partial charge in [0.05, 0.1) is 15.4 Å². The number of hydrogen-bond acceptors (Lipinski definition) is 3. The Morgan fingerprint density at radius 1 is 1.50 bits per heavy atom. The Balaban J connectivity index is 2.28. The molecule has 1 aliphatic rings. The van der Waals surface area contributed by atoms with Crippen molar-refractivity contribution in [2.24, 2.45) is 0 Å². The van der Waals surface area contributed by atoms with Crippen molar-refractivity contribution < 1.29 is 4.39 Å². The molecule has 106 valence electrons. The summed E-state index contributed by atoms with van der Waals surface area (Å²) in [4.78, 5) is 16.9. The lowest BCUT2D eigenvalue weighted by Gasteiger charge is -2.17. The van der Waals surface area contributed by atoms with Gasteiger partial charge >= 0.3 is 0 Å². The molecule has 0 amide bonds. The fourth-order valence-electron chi connectivity index (χ4n) is 2.20. The lowest BCUT2D eigenvalue weighted by atomic mass is 10.2. The van der Waals surface area contributed by atoms with Crippen LogP contribution in [0.2, 0.25) is 0 Å². The lowest BCUT2D eigenvalue weighted by molar-refractivity contribution is 0.622. The van der Waals surface area contributed by atoms with E-state index in [1.54, 1.807) is 4.57 Å². The average Bonchev–Trinajstić information content (AvgIpc) is 3.12. The van der Waals surface area contributed by atoms with E-state index in [1.165, 1.54) is 12.1 Å². The highest BCUT2D eigenvalue weighted by molar-refractivity contribution is 9.10. The van der Waals surface area contributed by atoms with Crippen LogP contribution in [-0.4, -0.2) is 15.1 Å². The van der Waals surface area contributed by atoms with Gasteiger partial charge in [-0.3, -0.25) is 9.36 Å². The first-order chi connectivity index (χ1) is 9.45. The van der Waals surface area contributed by atoms with Gasteiger partial charge in [0.2, 0.25) is 5.95 Å². The SMILES string of the molecule is CCn1c(NC2(C)CC2)nc2c(Br)c(F)ccc2c1=O. The fraction of sp³-hybridized carbons (Fsp3) is 0.429. The van der Waals surface area contributed by atoms with Gasteiger partial charge in [-0.25, -0.2) is 9.37 Å². The summed E-state index contributed by atoms with van der Waals surface area (Å²) in [7, 11) is 0. The van der Waals surface area contributed by atoms with E-state index in [2.05, 4.69) is 33.2 Å². The molecule has 20 heavy (non-hydrogen) atoms. The Kier molecular flexibility index (Phi) is 3.08. The summed E-state index contributed by atoms with van der Waals surface area (Å²) in [6.07, 6.45) is 2.10. The first-order valence-electron chi connectivity index (χ1n) is 6.62. The summed E-state index contributed by atoms with van der Waals surface area (Å²) in [6.45, 7) is 4.51. The van der Waals surface area contributed by atoms with Crippen LogP contribution >= 0.6 is 15.9 Å². The summed E-state index contributed by atoms with van der Waals surface area (Å²) < 4.78 is 15.5. The maximum Gasteiger partial charge on any atom is 0.262 e. The minimum Gasteiger partial charge on any atom is -0.350 e. The van der Waals surface area contributed by atoms with Gasteiger partial charge in [0.1, 0.15) is 5.82 Å². The van der Waals surface area contributed by atoms with Gasteiger partial charge in [-0.2, -0.15) is 0 Å². The molecule has 1 aromatic carbocycles. The molecule has 6 heteroatoms. The third-order valence-electron chi connectivity index (χ3n) is 3.75. The number of nitrogens with one attached hydrogen (secondary N) is 1. The van der Waals surface area contributed by atoms with Gasteiger partial charge in [-0.1, -0.05) is 0 Å². The molecule has 0 bridgehead atoms.